The van der Waals surface area contributed by atoms with Gasteiger partial charge in [0, 0.05) is 12.4 Å². The Morgan fingerprint density at radius 3 is 1.58 bits per heavy atom. The first-order valence-electron chi connectivity index (χ1n) is 7.61. The van der Waals surface area contributed by atoms with E-state index < -0.39 is 23.4 Å². The molecule has 3 rings (SSSR count). The van der Waals surface area contributed by atoms with Crippen LogP contribution in [0, 0.1) is 11.6 Å². The highest BCUT2D eigenvalue weighted by molar-refractivity contribution is 6.08. The number of aromatic nitrogens is 1. The lowest BCUT2D eigenvalue weighted by Crippen LogP contribution is -2.17. The number of pyridine rings is 1. The number of nitrogens with one attached hydrogen (secondary N) is 2. The highest BCUT2D eigenvalue weighted by atomic mass is 19.1. The SMILES string of the molecule is O=C(Nc1ccccc1F)c1cncc(C(=O)Nc2ccccc2F)c1. The Morgan fingerprint density at radius 2 is 1.15 bits per heavy atom. The summed E-state index contributed by atoms with van der Waals surface area (Å²) in [5, 5.41) is 4.81. The Balaban J connectivity index is 1.77. The Kier molecular flexibility index (Phi) is 4.98. The number of para-hydroxylation sites is 2. The molecule has 0 aliphatic carbocycles. The molecular formula is C19H13F2N3O2. The number of rotatable bonds is 4. The van der Waals surface area contributed by atoms with Crippen molar-refractivity contribution in [2.45, 2.75) is 0 Å². The number of carbonyl (C=O) groups is 2. The molecule has 7 heteroatoms. The molecular weight excluding hydrogens is 340 g/mol. The zero-order valence-electron chi connectivity index (χ0n) is 13.4. The molecule has 0 unspecified atom stereocenters. The van der Waals surface area contributed by atoms with Crippen LogP contribution in [0.2, 0.25) is 0 Å². The van der Waals surface area contributed by atoms with Crippen LogP contribution in [0.15, 0.2) is 67.0 Å². The minimum absolute atomic E-state index is 0.0127. The van der Waals surface area contributed by atoms with E-state index in [2.05, 4.69) is 15.6 Å². The van der Waals surface area contributed by atoms with E-state index in [0.29, 0.717) is 0 Å². The number of anilines is 2. The molecule has 1 heterocycles. The minimum atomic E-state index is -0.622. The van der Waals surface area contributed by atoms with Gasteiger partial charge in [0.1, 0.15) is 11.6 Å². The van der Waals surface area contributed by atoms with Crippen LogP contribution in [0.1, 0.15) is 20.7 Å². The maximum absolute atomic E-state index is 13.6. The van der Waals surface area contributed by atoms with Gasteiger partial charge in [-0.3, -0.25) is 14.6 Å². The minimum Gasteiger partial charge on any atom is -0.319 e. The average Bonchev–Trinajstić information content (AvgIpc) is 2.65. The lowest BCUT2D eigenvalue weighted by atomic mass is 10.1. The lowest BCUT2D eigenvalue weighted by molar-refractivity contribution is 0.102. The van der Waals surface area contributed by atoms with E-state index in [4.69, 9.17) is 0 Å². The predicted octanol–water partition coefficient (Wildman–Crippen LogP) is 3.86. The van der Waals surface area contributed by atoms with Crippen LogP contribution in [0.4, 0.5) is 20.2 Å². The number of benzene rings is 2. The first kappa shape index (κ1) is 17.2. The van der Waals surface area contributed by atoms with Gasteiger partial charge in [-0.15, -0.1) is 0 Å². The van der Waals surface area contributed by atoms with E-state index >= 15 is 0 Å². The Labute approximate surface area is 147 Å². The Hall–Kier alpha value is -3.61. The van der Waals surface area contributed by atoms with E-state index in [1.807, 2.05) is 0 Å². The van der Waals surface area contributed by atoms with Gasteiger partial charge in [0.25, 0.3) is 11.8 Å². The maximum atomic E-state index is 13.6. The quantitative estimate of drug-likeness (QED) is 0.748. The van der Waals surface area contributed by atoms with Gasteiger partial charge in [-0.25, -0.2) is 8.78 Å². The molecule has 0 fully saturated rings. The van der Waals surface area contributed by atoms with E-state index in [-0.39, 0.29) is 22.5 Å². The summed E-state index contributed by atoms with van der Waals surface area (Å²) in [5.41, 5.74) is 0.154. The van der Waals surface area contributed by atoms with E-state index in [0.717, 1.165) is 0 Å². The van der Waals surface area contributed by atoms with Crippen LogP contribution in [0.25, 0.3) is 0 Å². The third kappa shape index (κ3) is 3.89. The largest absolute Gasteiger partial charge is 0.319 e. The molecule has 0 radical (unpaired) electrons. The molecule has 1 aromatic heterocycles. The molecule has 0 saturated carbocycles. The predicted molar refractivity (Wildman–Crippen MR) is 92.9 cm³/mol. The summed E-state index contributed by atoms with van der Waals surface area (Å²) in [5.74, 6) is -2.41. The first-order chi connectivity index (χ1) is 12.5. The summed E-state index contributed by atoms with van der Waals surface area (Å²) in [7, 11) is 0. The fourth-order valence-electron chi connectivity index (χ4n) is 2.20. The number of hydrogen-bond donors (Lipinski definition) is 2. The molecule has 2 amide bonds. The van der Waals surface area contributed by atoms with Gasteiger partial charge in [0.2, 0.25) is 0 Å². The molecule has 2 aromatic carbocycles. The summed E-state index contributed by atoms with van der Waals surface area (Å²) in [6.07, 6.45) is 2.49. The Morgan fingerprint density at radius 1 is 0.731 bits per heavy atom. The number of halogens is 2. The molecule has 2 N–H and O–H groups in total. The van der Waals surface area contributed by atoms with Crippen molar-refractivity contribution in [3.05, 3.63) is 89.8 Å². The number of carbonyl (C=O) groups excluding carboxylic acids is 2. The monoisotopic (exact) mass is 353 g/mol. The number of hydrogen-bond acceptors (Lipinski definition) is 3. The van der Waals surface area contributed by atoms with Crippen molar-refractivity contribution in [3.63, 3.8) is 0 Å². The summed E-state index contributed by atoms with van der Waals surface area (Å²) in [6.45, 7) is 0. The van der Waals surface area contributed by atoms with E-state index in [1.165, 1.54) is 54.9 Å². The zero-order valence-corrected chi connectivity index (χ0v) is 13.4. The summed E-state index contributed by atoms with van der Waals surface area (Å²) >= 11 is 0. The van der Waals surface area contributed by atoms with Crippen LogP contribution in [-0.2, 0) is 0 Å². The van der Waals surface area contributed by atoms with Gasteiger partial charge < -0.3 is 10.6 Å². The van der Waals surface area contributed by atoms with Gasteiger partial charge in [-0.2, -0.15) is 0 Å². The summed E-state index contributed by atoms with van der Waals surface area (Å²) in [4.78, 5) is 28.3. The zero-order chi connectivity index (χ0) is 18.5. The number of amides is 2. The van der Waals surface area contributed by atoms with Crippen LogP contribution in [0.3, 0.4) is 0 Å². The Bertz CT molecular complexity index is 902. The lowest BCUT2D eigenvalue weighted by Gasteiger charge is -2.08. The van der Waals surface area contributed by atoms with Gasteiger partial charge in [-0.05, 0) is 30.3 Å². The van der Waals surface area contributed by atoms with Crippen LogP contribution in [0.5, 0.6) is 0 Å². The van der Waals surface area contributed by atoms with E-state index in [9.17, 15) is 18.4 Å². The molecule has 130 valence electrons. The van der Waals surface area contributed by atoms with Gasteiger partial charge in [0.15, 0.2) is 0 Å². The molecule has 0 bridgehead atoms. The normalized spacial score (nSPS) is 10.2. The average molecular weight is 353 g/mol. The molecule has 0 atom stereocenters. The number of nitrogens with zero attached hydrogens (tertiary/aromatic N) is 1. The topological polar surface area (TPSA) is 71.1 Å². The first-order valence-corrected chi connectivity index (χ1v) is 7.61. The smallest absolute Gasteiger partial charge is 0.257 e. The maximum Gasteiger partial charge on any atom is 0.257 e. The van der Waals surface area contributed by atoms with Gasteiger partial charge in [0.05, 0.1) is 22.5 Å². The van der Waals surface area contributed by atoms with Gasteiger partial charge >= 0.3 is 0 Å². The van der Waals surface area contributed by atoms with Gasteiger partial charge in [-0.1, -0.05) is 24.3 Å². The molecule has 26 heavy (non-hydrogen) atoms. The van der Waals surface area contributed by atoms with Crippen molar-refractivity contribution >= 4 is 23.2 Å². The summed E-state index contributed by atoms with van der Waals surface area (Å²) in [6, 6.07) is 12.7. The second kappa shape index (κ2) is 7.52. The van der Waals surface area contributed by atoms with Crippen molar-refractivity contribution in [1.82, 2.24) is 4.98 Å². The van der Waals surface area contributed by atoms with Crippen molar-refractivity contribution < 1.29 is 18.4 Å². The van der Waals surface area contributed by atoms with Crippen molar-refractivity contribution in [2.75, 3.05) is 10.6 Å². The fourth-order valence-corrected chi connectivity index (χ4v) is 2.20. The van der Waals surface area contributed by atoms with Crippen molar-refractivity contribution in [2.24, 2.45) is 0 Å². The molecule has 0 aliphatic rings. The molecule has 3 aromatic rings. The van der Waals surface area contributed by atoms with Crippen LogP contribution < -0.4 is 10.6 Å². The van der Waals surface area contributed by atoms with Crippen LogP contribution >= 0.6 is 0 Å². The second-order valence-corrected chi connectivity index (χ2v) is 5.33. The fraction of sp³-hybridized carbons (Fsp3) is 0. The van der Waals surface area contributed by atoms with Crippen LogP contribution in [-0.4, -0.2) is 16.8 Å². The molecule has 0 aliphatic heterocycles. The molecule has 0 spiro atoms. The van der Waals surface area contributed by atoms with Crippen molar-refractivity contribution in [1.29, 1.82) is 0 Å². The molecule has 5 nitrogen and oxygen atoms in total. The van der Waals surface area contributed by atoms with E-state index in [1.54, 1.807) is 12.1 Å². The third-order valence-electron chi connectivity index (χ3n) is 3.51. The second-order valence-electron chi connectivity index (χ2n) is 5.33. The third-order valence-corrected chi connectivity index (χ3v) is 3.51. The summed E-state index contributed by atoms with van der Waals surface area (Å²) < 4.78 is 27.2. The highest BCUT2D eigenvalue weighted by Gasteiger charge is 2.14. The standard InChI is InChI=1S/C19H13F2N3O2/c20-14-5-1-3-7-16(14)23-18(25)12-9-13(11-22-10-12)19(26)24-17-8-4-2-6-15(17)21/h1-11H,(H,23,25)(H,24,26). The molecule has 0 saturated heterocycles. The van der Waals surface area contributed by atoms with Crippen molar-refractivity contribution in [3.8, 4) is 0 Å². The highest BCUT2D eigenvalue weighted by Crippen LogP contribution is 2.16.